The summed E-state index contributed by atoms with van der Waals surface area (Å²) in [6, 6.07) is 38.7. The number of rotatable bonds is 10. The molecule has 8 aromatic rings. The number of nitrogens with zero attached hydrogens (tertiary/aromatic N) is 4. The van der Waals surface area contributed by atoms with Crippen molar-refractivity contribution < 1.29 is 72.3 Å². The molecule has 10 rings (SSSR count). The van der Waals surface area contributed by atoms with Gasteiger partial charge in [0.25, 0.3) is 11.1 Å². The summed E-state index contributed by atoms with van der Waals surface area (Å²) in [5, 5.41) is 24.8. The molecule has 354 valence electrons. The first kappa shape index (κ1) is 50.1. The Bertz CT molecular complexity index is 3400. The predicted octanol–water partition coefficient (Wildman–Crippen LogP) is 4.15. The van der Waals surface area contributed by atoms with E-state index in [2.05, 4.69) is 25.1 Å². The van der Waals surface area contributed by atoms with E-state index in [1.54, 1.807) is 97.1 Å². The zero-order valence-electron chi connectivity index (χ0n) is 38.1. The van der Waals surface area contributed by atoms with Crippen LogP contribution in [0.2, 0.25) is 0 Å². The van der Waals surface area contributed by atoms with Crippen molar-refractivity contribution in [1.29, 1.82) is 0 Å². The van der Waals surface area contributed by atoms with Gasteiger partial charge in [0.05, 0.1) is 40.6 Å². The number of H-pyrrole nitrogens is 2. The van der Waals surface area contributed by atoms with E-state index in [-0.39, 0.29) is 42.1 Å². The van der Waals surface area contributed by atoms with Gasteiger partial charge in [-0.3, -0.25) is 19.4 Å². The number of benzene rings is 6. The van der Waals surface area contributed by atoms with Crippen LogP contribution in [0.3, 0.4) is 0 Å². The van der Waals surface area contributed by atoms with Gasteiger partial charge in [0.2, 0.25) is 0 Å². The second-order valence-electron chi connectivity index (χ2n) is 15.6. The summed E-state index contributed by atoms with van der Waals surface area (Å²) >= 11 is 0. The van der Waals surface area contributed by atoms with Gasteiger partial charge in [-0.15, -0.1) is 0 Å². The third-order valence-electron chi connectivity index (χ3n) is 11.4. The van der Waals surface area contributed by atoms with E-state index in [1.807, 2.05) is 36.4 Å². The number of anilines is 2. The molecule has 6 aromatic carbocycles. The molecular weight excluding hydrogens is 912 g/mol. The minimum Gasteiger partial charge on any atom is -0.870 e. The molecule has 0 atom stereocenters. The van der Waals surface area contributed by atoms with Gasteiger partial charge < -0.3 is 34.3 Å². The number of aliphatic carboxylic acids is 1. The second-order valence-corrected chi connectivity index (χ2v) is 15.6. The summed E-state index contributed by atoms with van der Waals surface area (Å²) in [6.45, 7) is 0.239. The van der Waals surface area contributed by atoms with Crippen molar-refractivity contribution in [3.05, 3.63) is 165 Å². The molecule has 0 bridgehead atoms. The molecule has 0 saturated heterocycles. The summed E-state index contributed by atoms with van der Waals surface area (Å²) in [4.78, 5) is 74.9. The number of aromatic nitrogens is 4. The van der Waals surface area contributed by atoms with Crippen molar-refractivity contribution in [2.45, 2.75) is 12.8 Å². The van der Waals surface area contributed by atoms with Crippen LogP contribution in [0, 0.1) is 0 Å². The predicted molar refractivity (Wildman–Crippen MR) is 255 cm³/mol. The monoisotopic (exact) mass is 952 g/mol. The molecule has 2 aliphatic rings. The average molecular weight is 953 g/mol. The van der Waals surface area contributed by atoms with E-state index in [4.69, 9.17) is 24.1 Å². The number of esters is 1. The van der Waals surface area contributed by atoms with Gasteiger partial charge in [-0.25, -0.2) is 29.4 Å². The van der Waals surface area contributed by atoms with E-state index in [0.29, 0.717) is 82.5 Å². The maximum absolute atomic E-state index is 12.9. The van der Waals surface area contributed by atoms with Crippen LogP contribution in [0.1, 0.15) is 11.1 Å². The zero-order valence-corrected chi connectivity index (χ0v) is 38.1. The summed E-state index contributed by atoms with van der Waals surface area (Å²) in [5.74, 6) is -0.0153. The maximum Gasteiger partial charge on any atom is 1.00 e. The molecule has 20 heteroatoms. The number of aromatic amines is 2. The number of hydrogen-bond donors (Lipinski definition) is 3. The molecule has 19 nitrogen and oxygen atoms in total. The number of hydrogen-bond acceptors (Lipinski definition) is 14. The summed E-state index contributed by atoms with van der Waals surface area (Å²) in [7, 11) is 1.29. The Morgan fingerprint density at radius 1 is 0.563 bits per heavy atom. The van der Waals surface area contributed by atoms with Gasteiger partial charge in [-0.2, -0.15) is 10.2 Å². The van der Waals surface area contributed by atoms with E-state index in [9.17, 15) is 28.8 Å². The van der Waals surface area contributed by atoms with Crippen molar-refractivity contribution in [1.82, 2.24) is 20.4 Å². The summed E-state index contributed by atoms with van der Waals surface area (Å²) < 4.78 is 26.4. The Labute approximate surface area is 415 Å². The number of nitrogens with one attached hydrogen (secondary N) is 2. The van der Waals surface area contributed by atoms with Crippen LogP contribution >= 0.6 is 0 Å². The number of ether oxygens (including phenoxy) is 5. The number of methoxy groups -OCH3 is 1. The largest absolute Gasteiger partial charge is 1.00 e. The van der Waals surface area contributed by atoms with E-state index < -0.39 is 30.7 Å². The summed E-state index contributed by atoms with van der Waals surface area (Å²) in [5.41, 5.74) is 5.53. The zero-order chi connectivity index (χ0) is 48.0. The van der Waals surface area contributed by atoms with Gasteiger partial charge in [-0.1, -0.05) is 48.5 Å². The Hall–Kier alpha value is -8.76. The average Bonchev–Trinajstić information content (AvgIpc) is 4.01. The quantitative estimate of drug-likeness (QED) is 0.129. The van der Waals surface area contributed by atoms with Crippen LogP contribution in [-0.2, 0) is 27.2 Å². The molecule has 71 heavy (non-hydrogen) atoms. The minimum absolute atomic E-state index is 0. The minimum atomic E-state index is -1.08. The van der Waals surface area contributed by atoms with E-state index in [1.165, 1.54) is 16.9 Å². The van der Waals surface area contributed by atoms with Gasteiger partial charge >= 0.3 is 43.0 Å². The van der Waals surface area contributed by atoms with Gasteiger partial charge in [-0.05, 0) is 96.8 Å². The Morgan fingerprint density at radius 3 is 1.37 bits per heavy atom. The topological polar surface area (TPSA) is 263 Å². The Kier molecular flexibility index (Phi) is 15.6. The van der Waals surface area contributed by atoms with Crippen LogP contribution in [-0.4, -0.2) is 88.5 Å². The number of carboxylic acid groups (broad SMARTS) is 1. The van der Waals surface area contributed by atoms with Crippen LogP contribution in [0.4, 0.5) is 21.0 Å². The molecule has 4 heterocycles. The molecular formula is C51H41LiN6O13. The van der Waals surface area contributed by atoms with Crippen LogP contribution in [0.5, 0.6) is 23.0 Å². The van der Waals surface area contributed by atoms with Crippen molar-refractivity contribution in [3.8, 4) is 45.5 Å². The van der Waals surface area contributed by atoms with Crippen molar-refractivity contribution in [2.75, 3.05) is 43.2 Å². The van der Waals surface area contributed by atoms with Gasteiger partial charge in [0, 0.05) is 47.1 Å². The number of amides is 2. The van der Waals surface area contributed by atoms with Crippen LogP contribution in [0.25, 0.3) is 44.1 Å². The Balaban J connectivity index is 0.000000203. The fourth-order valence-corrected chi connectivity index (χ4v) is 7.97. The molecule has 0 saturated carbocycles. The molecule has 0 spiro atoms. The molecule has 2 aliphatic heterocycles. The number of carbonyl (C=O) groups is 4. The van der Waals surface area contributed by atoms with Crippen molar-refractivity contribution in [3.63, 3.8) is 0 Å². The third kappa shape index (κ3) is 11.1. The second kappa shape index (κ2) is 22.1. The van der Waals surface area contributed by atoms with E-state index in [0.717, 1.165) is 33.0 Å². The standard InChI is InChI=1S/C26H21N3O6.C25H19N3O6.Li.H2O/c1-33-23(30)15-34-19-11-6-16-12-13-29(22(16)14-19)26(32)35-18-9-7-17(8-10-18)24-20-4-2-3-5-21(20)25(31)28-27-24;29-22(30)14-33-18-10-5-15-11-12-28(21(15)13-18)25(32)34-17-8-6-16(7-9-17)23-19-3-1-2-4-20(19)24(31)27-26-23;;/h2-11,14H,12-13,15H2,1H3,(H,28,31);1-10,13H,11-12,14H2,(H,27,31)(H,29,30);;1H2/q;;+1;/p-1. The SMILES string of the molecule is COC(=O)COc1ccc2c(c1)N(C(=O)Oc1ccc(-c3n[nH]c(=O)c4ccccc34)cc1)CC2.O=C(O)COc1ccc2c(c1)N(C(=O)Oc1ccc(-c3n[nH]c(=O)c4ccccc34)cc1)CC2.[Li+].[OH-]. The van der Waals surface area contributed by atoms with Crippen molar-refractivity contribution in [2.24, 2.45) is 0 Å². The molecule has 0 unspecified atom stereocenters. The molecule has 0 fully saturated rings. The molecule has 0 aliphatic carbocycles. The smallest absolute Gasteiger partial charge is 0.870 e. The molecule has 4 N–H and O–H groups in total. The molecule has 0 radical (unpaired) electrons. The Morgan fingerprint density at radius 2 is 0.958 bits per heavy atom. The van der Waals surface area contributed by atoms with Gasteiger partial charge in [0.1, 0.15) is 23.0 Å². The maximum atomic E-state index is 12.9. The van der Waals surface area contributed by atoms with Crippen LogP contribution < -0.4 is 58.7 Å². The van der Waals surface area contributed by atoms with Crippen molar-refractivity contribution >= 4 is 57.0 Å². The normalized spacial score (nSPS) is 12.0. The fraction of sp³-hybridized carbons (Fsp3) is 0.137. The van der Waals surface area contributed by atoms with Crippen LogP contribution in [0.15, 0.2) is 143 Å². The van der Waals surface area contributed by atoms with E-state index >= 15 is 0 Å². The van der Waals surface area contributed by atoms with Gasteiger partial charge in [0.15, 0.2) is 13.2 Å². The number of carboxylic acids is 1. The fourth-order valence-electron chi connectivity index (χ4n) is 7.97. The first-order valence-corrected chi connectivity index (χ1v) is 21.5. The number of fused-ring (bicyclic) bond motifs is 4. The molecule has 2 aromatic heterocycles. The molecule has 2 amide bonds. The summed E-state index contributed by atoms with van der Waals surface area (Å²) in [6.07, 6.45) is 0.280. The third-order valence-corrected chi connectivity index (χ3v) is 11.4. The first-order valence-electron chi connectivity index (χ1n) is 21.5. The number of carbonyl (C=O) groups excluding carboxylic acids is 3. The first-order chi connectivity index (χ1) is 33.5.